The van der Waals surface area contributed by atoms with Gasteiger partial charge in [-0.1, -0.05) is 88.1 Å². The molecule has 0 aliphatic heterocycles. The van der Waals surface area contributed by atoms with Gasteiger partial charge >= 0.3 is 0 Å². The van der Waals surface area contributed by atoms with Crippen LogP contribution in [-0.2, 0) is 20.1 Å². The second-order valence-corrected chi connectivity index (χ2v) is 9.59. The van der Waals surface area contributed by atoms with Crippen molar-refractivity contribution in [3.8, 4) is 28.6 Å². The van der Waals surface area contributed by atoms with Gasteiger partial charge in [0.25, 0.3) is 5.82 Å². The van der Waals surface area contributed by atoms with Gasteiger partial charge in [0.05, 0.1) is 0 Å². The topological polar surface area (TPSA) is 126 Å². The maximum atomic E-state index is 13.1. The molecule has 5 aromatic heterocycles. The Labute approximate surface area is 283 Å². The van der Waals surface area contributed by atoms with Gasteiger partial charge in [0.2, 0.25) is 0 Å². The summed E-state index contributed by atoms with van der Waals surface area (Å²) in [5.74, 6) is -3.38. The van der Waals surface area contributed by atoms with E-state index in [1.54, 1.807) is 41.0 Å². The van der Waals surface area contributed by atoms with Crippen LogP contribution in [0, 0.1) is 53.8 Å². The molecule has 245 valence electrons. The van der Waals surface area contributed by atoms with Gasteiger partial charge in [0, 0.05) is 32.5 Å². The van der Waals surface area contributed by atoms with Crippen LogP contribution in [0.15, 0.2) is 67.3 Å². The summed E-state index contributed by atoms with van der Waals surface area (Å²) in [4.78, 5) is 21.2. The Morgan fingerprint density at radius 1 is 0.809 bits per heavy atom. The molecule has 10 nitrogen and oxygen atoms in total. The van der Waals surface area contributed by atoms with Crippen LogP contribution in [0.1, 0.15) is 39.7 Å². The first-order valence-corrected chi connectivity index (χ1v) is 13.6. The van der Waals surface area contributed by atoms with E-state index in [4.69, 9.17) is 11.8 Å². The van der Waals surface area contributed by atoms with Crippen molar-refractivity contribution in [2.24, 2.45) is 0 Å². The molecule has 47 heavy (non-hydrogen) atoms. The summed E-state index contributed by atoms with van der Waals surface area (Å²) < 4.78 is 52.7. The molecule has 0 bridgehead atoms. The zero-order valence-corrected chi connectivity index (χ0v) is 27.8. The van der Waals surface area contributed by atoms with Crippen LogP contribution in [0.2, 0.25) is 0 Å². The Hall–Kier alpha value is -4.92. The molecule has 15 heteroatoms. The molecule has 0 N–H and O–H groups in total. The number of halogens is 4. The molecule has 0 spiro atoms. The maximum absolute atomic E-state index is 13.1. The number of rotatable bonds is 7. The Bertz CT molecular complexity index is 1690. The molecule has 5 heterocycles. The number of nitriles is 1. The third-order valence-corrected chi connectivity index (χ3v) is 5.43. The Kier molecular flexibility index (Phi) is 15.4. The van der Waals surface area contributed by atoms with E-state index in [1.165, 1.54) is 18.7 Å². The number of aromatic nitrogens is 6. The summed E-state index contributed by atoms with van der Waals surface area (Å²) in [5, 5.41) is 17.8. The SMILES string of the molecule is Fc1c[c-]c(-c2ccccn2)c(F)n1.Fc1c[c-]c(-c2ccccn2)c(F)n1.[C-]#[N+]c1c(C#N)ncn1C([N-]C(C)C)[N-]C(C)C.[Ir]. The quantitative estimate of drug-likeness (QED) is 0.0939. The van der Waals surface area contributed by atoms with Crippen molar-refractivity contribution in [1.82, 2.24) is 29.5 Å². The monoisotopic (exact) mass is 819 g/mol. The van der Waals surface area contributed by atoms with Gasteiger partial charge in [0.15, 0.2) is 12.0 Å². The standard InChI is InChI=1S/C12H16N6.2C10H5F2N2.Ir/c1-8(2)16-12(17-9(3)4)18-7-15-10(6-13)11(18)14-5;2*11-9-5-4-7(10(12)14-9)8-3-1-2-6-13-8;/h7-9,12H,1-4H3;2*1-3,5-6H;/q-2;2*-1;. The van der Waals surface area contributed by atoms with E-state index >= 15 is 0 Å². The van der Waals surface area contributed by atoms with Crippen LogP contribution < -0.4 is 0 Å². The second-order valence-electron chi connectivity index (χ2n) is 9.59. The molecule has 5 rings (SSSR count). The van der Waals surface area contributed by atoms with Gasteiger partial charge < -0.3 is 30.0 Å². The zero-order valence-electron chi connectivity index (χ0n) is 25.4. The van der Waals surface area contributed by atoms with Gasteiger partial charge in [0.1, 0.15) is 29.9 Å². The average molecular weight is 819 g/mol. The predicted octanol–water partition coefficient (Wildman–Crippen LogP) is 7.77. The summed E-state index contributed by atoms with van der Waals surface area (Å²) >= 11 is 0. The fourth-order valence-electron chi connectivity index (χ4n) is 3.56. The molecule has 0 saturated heterocycles. The molecule has 0 amide bonds. The Morgan fingerprint density at radius 3 is 1.62 bits per heavy atom. The average Bonchev–Trinajstić information content (AvgIpc) is 3.45. The molecule has 1 radical (unpaired) electrons. The van der Waals surface area contributed by atoms with Gasteiger partial charge in [-0.3, -0.25) is 9.97 Å². The first-order valence-electron chi connectivity index (χ1n) is 13.6. The summed E-state index contributed by atoms with van der Waals surface area (Å²) in [5.41, 5.74) is 1.04. The van der Waals surface area contributed by atoms with E-state index < -0.39 is 30.1 Å². The number of imidazole rings is 1. The third-order valence-electron chi connectivity index (χ3n) is 5.43. The third kappa shape index (κ3) is 11.4. The smallest absolute Gasteiger partial charge is 0.264 e. The van der Waals surface area contributed by atoms with E-state index in [1.807, 2.05) is 33.8 Å². The van der Waals surface area contributed by atoms with Gasteiger partial charge in [-0.15, -0.1) is 24.2 Å². The minimum Gasteiger partial charge on any atom is -0.640 e. The minimum atomic E-state index is -0.899. The van der Waals surface area contributed by atoms with Crippen molar-refractivity contribution in [1.29, 1.82) is 5.26 Å². The molecule has 5 aromatic rings. The number of nitrogens with zero attached hydrogens (tertiary/aromatic N) is 10. The summed E-state index contributed by atoms with van der Waals surface area (Å²) in [6, 6.07) is 19.0. The minimum absolute atomic E-state index is 0. The molecule has 0 saturated carbocycles. The van der Waals surface area contributed by atoms with E-state index in [9.17, 15) is 17.6 Å². The summed E-state index contributed by atoms with van der Waals surface area (Å²) in [7, 11) is 0. The van der Waals surface area contributed by atoms with E-state index in [2.05, 4.69) is 52.5 Å². The van der Waals surface area contributed by atoms with Crippen LogP contribution in [0.5, 0.6) is 0 Å². The van der Waals surface area contributed by atoms with Crippen LogP contribution in [-0.4, -0.2) is 41.6 Å². The fraction of sp³-hybridized carbons (Fsp3) is 0.219. The van der Waals surface area contributed by atoms with E-state index in [0.717, 1.165) is 12.1 Å². The fourth-order valence-corrected chi connectivity index (χ4v) is 3.56. The number of hydrogen-bond donors (Lipinski definition) is 0. The first-order chi connectivity index (χ1) is 22.0. The normalized spacial score (nSPS) is 10.2. The van der Waals surface area contributed by atoms with Crippen LogP contribution >= 0.6 is 0 Å². The Balaban J connectivity index is 0.000000245. The van der Waals surface area contributed by atoms with Crippen molar-refractivity contribution in [3.05, 3.63) is 131 Å². The van der Waals surface area contributed by atoms with E-state index in [0.29, 0.717) is 11.4 Å². The molecule has 0 fully saturated rings. The largest absolute Gasteiger partial charge is 0.640 e. The van der Waals surface area contributed by atoms with Crippen molar-refractivity contribution >= 4 is 5.82 Å². The molecular weight excluding hydrogens is 793 g/mol. The van der Waals surface area contributed by atoms with Gasteiger partial charge in [-0.05, 0) is 23.5 Å². The molecule has 0 atom stereocenters. The van der Waals surface area contributed by atoms with Crippen LogP contribution in [0.4, 0.5) is 23.4 Å². The Morgan fingerprint density at radius 2 is 1.28 bits per heavy atom. The molecule has 0 unspecified atom stereocenters. The van der Waals surface area contributed by atoms with Crippen LogP contribution in [0.25, 0.3) is 38.0 Å². The maximum Gasteiger partial charge on any atom is 0.264 e. The molecule has 0 aromatic carbocycles. The number of hydrogen-bond acceptors (Lipinski definition) is 6. The van der Waals surface area contributed by atoms with Crippen molar-refractivity contribution in [3.63, 3.8) is 0 Å². The van der Waals surface area contributed by atoms with Gasteiger partial charge in [-0.2, -0.15) is 5.26 Å². The summed E-state index contributed by atoms with van der Waals surface area (Å²) in [6.07, 6.45) is 4.00. The van der Waals surface area contributed by atoms with Crippen molar-refractivity contribution in [2.75, 3.05) is 0 Å². The molecule has 0 aliphatic rings. The molecule has 0 aliphatic carbocycles. The first kappa shape index (κ1) is 38.3. The van der Waals surface area contributed by atoms with Gasteiger partial charge in [-0.25, -0.2) is 22.5 Å². The summed E-state index contributed by atoms with van der Waals surface area (Å²) in [6.45, 7) is 14.9. The van der Waals surface area contributed by atoms with E-state index in [-0.39, 0.29) is 54.8 Å². The predicted molar refractivity (Wildman–Crippen MR) is 162 cm³/mol. The second kappa shape index (κ2) is 18.9. The van der Waals surface area contributed by atoms with Crippen LogP contribution in [0.3, 0.4) is 0 Å². The zero-order chi connectivity index (χ0) is 33.6. The molecular formula is C32H26F4IrN10-4. The van der Waals surface area contributed by atoms with Crippen molar-refractivity contribution < 1.29 is 37.7 Å². The number of pyridine rings is 4. The van der Waals surface area contributed by atoms with Crippen molar-refractivity contribution in [2.45, 2.75) is 46.1 Å².